The molecule has 17 heteroatoms. The van der Waals surface area contributed by atoms with Gasteiger partial charge in [0.1, 0.15) is 0 Å². The smallest absolute Gasteiger partial charge is 0.337 e. The minimum absolute atomic E-state index is 0.0179. The van der Waals surface area contributed by atoms with E-state index in [1.165, 1.54) is 30.7 Å². The summed E-state index contributed by atoms with van der Waals surface area (Å²) in [5.41, 5.74) is 11.6. The van der Waals surface area contributed by atoms with E-state index >= 15 is 0 Å². The number of carbonyl (C=O) groups excluding carboxylic acids is 1. The summed E-state index contributed by atoms with van der Waals surface area (Å²) in [6, 6.07) is 13.0. The predicted octanol–water partition coefficient (Wildman–Crippen LogP) is 4.65. The molecule has 0 saturated heterocycles. The average molecular weight is 787 g/mol. The van der Waals surface area contributed by atoms with Crippen LogP contribution >= 0.6 is 0 Å². The number of rotatable bonds is 9. The Morgan fingerprint density at radius 1 is 0.618 bits per heavy atom. The number of benzene rings is 2. The van der Waals surface area contributed by atoms with E-state index in [0.717, 1.165) is 42.4 Å². The van der Waals surface area contributed by atoms with Crippen LogP contribution in [0.2, 0.25) is 0 Å². The zero-order valence-corrected chi connectivity index (χ0v) is 32.8. The number of carbonyl (C=O) groups is 2. The van der Waals surface area contributed by atoms with Crippen molar-refractivity contribution in [2.45, 2.75) is 64.4 Å². The van der Waals surface area contributed by atoms with Crippen LogP contribution in [0.1, 0.15) is 65.7 Å². The van der Waals surface area contributed by atoms with Gasteiger partial charge in [0.05, 0.1) is 56.4 Å². The first-order valence-corrected chi connectivity index (χ1v) is 19.6. The van der Waals surface area contributed by atoms with Crippen LogP contribution in [0.4, 0.5) is 0 Å². The number of carboxylic acid groups (broad SMARTS) is 1. The summed E-state index contributed by atoms with van der Waals surface area (Å²) in [5.74, 6) is -1.51. The molecule has 6 rings (SSSR count). The molecule has 55 heavy (non-hydrogen) atoms. The molecular weight excluding hydrogens is 745 g/mol. The minimum atomic E-state index is -3.75. The van der Waals surface area contributed by atoms with Gasteiger partial charge in [0, 0.05) is 49.9 Å². The van der Waals surface area contributed by atoms with Gasteiger partial charge in [0.2, 0.25) is 0 Å². The molecule has 4 heterocycles. The SMILES string of the molecule is Cc1ccc(S(=O)(=O)n2cc(C)c(C(=O)NCc3cnc(C)cn3)c2)cc1.Cc1ccc(S(=O)(=O)n2cc(C)c(C(=O)O)c2)cc1.Cc1cnc(CN)cn1. The minimum Gasteiger partial charge on any atom is -0.478 e. The van der Waals surface area contributed by atoms with Crippen LogP contribution in [-0.2, 0) is 33.1 Å². The Morgan fingerprint density at radius 3 is 1.42 bits per heavy atom. The molecule has 0 radical (unpaired) electrons. The lowest BCUT2D eigenvalue weighted by Crippen LogP contribution is -2.23. The summed E-state index contributed by atoms with van der Waals surface area (Å²) in [6.07, 6.45) is 11.8. The molecular formula is C38H42N8O7S2. The van der Waals surface area contributed by atoms with Gasteiger partial charge in [-0.25, -0.2) is 29.6 Å². The highest BCUT2D eigenvalue weighted by molar-refractivity contribution is 7.90. The standard InChI is InChI=1S/C19H20N4O3S.C13H13NO4S.C6H9N3/c1-13-4-6-17(7-5-13)27(25,26)23-11-14(2)18(12-23)19(24)22-10-16-9-20-15(3)8-21-16;1-9-3-5-11(6-4-9)19(17,18)14-7-10(2)12(8-14)13(15)16;1-5-3-9-6(2-7)4-8-5/h4-9,11-12H,10H2,1-3H3,(H,22,24);3-8H,1-2H3,(H,15,16);3-4H,2,7H2,1H3. The molecule has 1 amide bonds. The van der Waals surface area contributed by atoms with Gasteiger partial charge < -0.3 is 16.2 Å². The van der Waals surface area contributed by atoms with Gasteiger partial charge in [-0.2, -0.15) is 0 Å². The van der Waals surface area contributed by atoms with Crippen LogP contribution in [-0.4, -0.2) is 61.7 Å². The maximum atomic E-state index is 12.8. The van der Waals surface area contributed by atoms with Gasteiger partial charge >= 0.3 is 5.97 Å². The van der Waals surface area contributed by atoms with Gasteiger partial charge in [-0.15, -0.1) is 0 Å². The molecule has 4 N–H and O–H groups in total. The molecule has 0 atom stereocenters. The van der Waals surface area contributed by atoms with Crippen LogP contribution in [0.3, 0.4) is 0 Å². The fourth-order valence-corrected chi connectivity index (χ4v) is 7.29. The second-order valence-electron chi connectivity index (χ2n) is 12.5. The number of amides is 1. The van der Waals surface area contributed by atoms with Crippen LogP contribution < -0.4 is 11.1 Å². The lowest BCUT2D eigenvalue weighted by Gasteiger charge is -2.06. The number of carboxylic acids is 1. The Hall–Kier alpha value is -6.04. The number of nitrogens with two attached hydrogens (primary N) is 1. The Kier molecular flexibility index (Phi) is 13.5. The molecule has 6 aromatic rings. The number of aryl methyl sites for hydroxylation is 6. The number of hydrogen-bond donors (Lipinski definition) is 3. The summed E-state index contributed by atoms with van der Waals surface area (Å²) in [6.45, 7) is 11.4. The van der Waals surface area contributed by atoms with Gasteiger partial charge in [-0.1, -0.05) is 35.4 Å². The van der Waals surface area contributed by atoms with Crippen molar-refractivity contribution < 1.29 is 31.5 Å². The van der Waals surface area contributed by atoms with E-state index in [2.05, 4.69) is 25.3 Å². The molecule has 2 aromatic carbocycles. The Bertz CT molecular complexity index is 2480. The van der Waals surface area contributed by atoms with E-state index in [1.54, 1.807) is 75.0 Å². The molecule has 0 aliphatic rings. The highest BCUT2D eigenvalue weighted by Crippen LogP contribution is 2.20. The molecule has 0 unspecified atom stereocenters. The summed E-state index contributed by atoms with van der Waals surface area (Å²) in [5, 5.41) is 11.7. The Morgan fingerprint density at radius 2 is 1.04 bits per heavy atom. The zero-order valence-electron chi connectivity index (χ0n) is 31.1. The van der Waals surface area contributed by atoms with Gasteiger partial charge in [-0.3, -0.25) is 24.7 Å². The van der Waals surface area contributed by atoms with Crippen molar-refractivity contribution in [1.29, 1.82) is 0 Å². The molecule has 0 bridgehead atoms. The van der Waals surface area contributed by atoms with Crippen molar-refractivity contribution >= 4 is 31.9 Å². The van der Waals surface area contributed by atoms with Crippen LogP contribution in [0.15, 0.2) is 108 Å². The molecule has 0 fully saturated rings. The van der Waals surface area contributed by atoms with Gasteiger partial charge in [0.25, 0.3) is 26.0 Å². The molecule has 0 saturated carbocycles. The fraction of sp³-hybridized carbons (Fsp3) is 0.211. The normalized spacial score (nSPS) is 11.1. The predicted molar refractivity (Wildman–Crippen MR) is 205 cm³/mol. The maximum Gasteiger partial charge on any atom is 0.337 e. The first-order valence-electron chi connectivity index (χ1n) is 16.7. The van der Waals surface area contributed by atoms with Crippen molar-refractivity contribution in [3.05, 3.63) is 154 Å². The van der Waals surface area contributed by atoms with Crippen molar-refractivity contribution in [2.24, 2.45) is 5.73 Å². The molecule has 0 spiro atoms. The third-order valence-electron chi connectivity index (χ3n) is 7.98. The van der Waals surface area contributed by atoms with E-state index in [4.69, 9.17) is 10.8 Å². The number of aromatic carboxylic acids is 1. The van der Waals surface area contributed by atoms with E-state index in [1.807, 2.05) is 27.7 Å². The largest absolute Gasteiger partial charge is 0.478 e. The first kappa shape index (κ1) is 41.7. The van der Waals surface area contributed by atoms with E-state index in [0.29, 0.717) is 28.9 Å². The van der Waals surface area contributed by atoms with Crippen LogP contribution in [0, 0.1) is 41.5 Å². The molecule has 15 nitrogen and oxygen atoms in total. The fourth-order valence-electron chi connectivity index (χ4n) is 4.76. The third-order valence-corrected chi connectivity index (χ3v) is 11.2. The van der Waals surface area contributed by atoms with Crippen molar-refractivity contribution in [1.82, 2.24) is 33.2 Å². The van der Waals surface area contributed by atoms with Crippen molar-refractivity contribution in [3.8, 4) is 0 Å². The topological polar surface area (TPSA) is 222 Å². The third kappa shape index (κ3) is 10.8. The molecule has 4 aromatic heterocycles. The number of nitrogens with zero attached hydrogens (tertiary/aromatic N) is 6. The van der Waals surface area contributed by atoms with E-state index < -0.39 is 26.0 Å². The maximum absolute atomic E-state index is 12.8. The van der Waals surface area contributed by atoms with Crippen molar-refractivity contribution in [3.63, 3.8) is 0 Å². The van der Waals surface area contributed by atoms with Gasteiger partial charge in [-0.05, 0) is 76.9 Å². The monoisotopic (exact) mass is 786 g/mol. The summed E-state index contributed by atoms with van der Waals surface area (Å²) >= 11 is 0. The molecule has 0 aliphatic heterocycles. The Balaban J connectivity index is 0.000000207. The number of aromatic nitrogens is 6. The highest BCUT2D eigenvalue weighted by Gasteiger charge is 2.22. The first-order chi connectivity index (χ1) is 25.9. The molecule has 0 aliphatic carbocycles. The van der Waals surface area contributed by atoms with E-state index in [9.17, 15) is 26.4 Å². The lowest BCUT2D eigenvalue weighted by atomic mass is 10.2. The number of hydrogen-bond acceptors (Lipinski definition) is 11. The average Bonchev–Trinajstić information content (AvgIpc) is 3.76. The zero-order chi connectivity index (χ0) is 40.5. The molecule has 288 valence electrons. The number of nitrogens with one attached hydrogen (secondary N) is 1. The highest BCUT2D eigenvalue weighted by atomic mass is 32.2. The van der Waals surface area contributed by atoms with Gasteiger partial charge in [0.15, 0.2) is 0 Å². The van der Waals surface area contributed by atoms with Crippen molar-refractivity contribution in [2.75, 3.05) is 0 Å². The van der Waals surface area contributed by atoms with Crippen LogP contribution in [0.5, 0.6) is 0 Å². The quantitative estimate of drug-likeness (QED) is 0.182. The summed E-state index contributed by atoms with van der Waals surface area (Å²) in [7, 11) is -7.49. The second kappa shape index (κ2) is 17.9. The lowest BCUT2D eigenvalue weighted by molar-refractivity contribution is 0.0696. The summed E-state index contributed by atoms with van der Waals surface area (Å²) in [4.78, 5) is 40.0. The second-order valence-corrected chi connectivity index (χ2v) is 16.2. The van der Waals surface area contributed by atoms with Crippen LogP contribution in [0.25, 0.3) is 0 Å². The van der Waals surface area contributed by atoms with E-state index in [-0.39, 0.29) is 27.8 Å². The Labute approximate surface area is 320 Å². The summed E-state index contributed by atoms with van der Waals surface area (Å²) < 4.78 is 52.1.